The molecule has 1 aliphatic carbocycles. The van der Waals surface area contributed by atoms with E-state index in [-0.39, 0.29) is 17.2 Å². The summed E-state index contributed by atoms with van der Waals surface area (Å²) in [4.78, 5) is 24.9. The molecule has 3 heterocycles. The average Bonchev–Trinajstić information content (AvgIpc) is 3.14. The summed E-state index contributed by atoms with van der Waals surface area (Å²) >= 11 is 0. The number of carbonyl (C=O) groups is 1. The van der Waals surface area contributed by atoms with E-state index in [2.05, 4.69) is 14.9 Å². The van der Waals surface area contributed by atoms with Gasteiger partial charge in [0, 0.05) is 37.0 Å². The van der Waals surface area contributed by atoms with Crippen LogP contribution in [0.5, 0.6) is 0 Å². The quantitative estimate of drug-likeness (QED) is 0.839. The zero-order chi connectivity index (χ0) is 17.7. The van der Waals surface area contributed by atoms with Gasteiger partial charge in [-0.05, 0) is 38.1 Å². The van der Waals surface area contributed by atoms with Crippen LogP contribution in [0.25, 0.3) is 0 Å². The molecule has 2 saturated heterocycles. The maximum Gasteiger partial charge on any atom is 0.282 e. The van der Waals surface area contributed by atoms with Crippen LogP contribution in [0.4, 0.5) is 8.78 Å². The molecule has 2 aliphatic heterocycles. The molecule has 5 nitrogen and oxygen atoms in total. The van der Waals surface area contributed by atoms with Crippen LogP contribution in [0.3, 0.4) is 0 Å². The van der Waals surface area contributed by atoms with Gasteiger partial charge in [-0.2, -0.15) is 0 Å². The van der Waals surface area contributed by atoms with Crippen molar-refractivity contribution in [1.29, 1.82) is 0 Å². The zero-order valence-electron chi connectivity index (χ0n) is 14.5. The van der Waals surface area contributed by atoms with Crippen LogP contribution in [0.15, 0.2) is 12.4 Å². The number of hydrogen-bond acceptors (Lipinski definition) is 4. The first kappa shape index (κ1) is 16.8. The summed E-state index contributed by atoms with van der Waals surface area (Å²) in [5.74, 6) is -2.07. The van der Waals surface area contributed by atoms with Crippen LogP contribution in [0.2, 0.25) is 0 Å². The van der Waals surface area contributed by atoms with Gasteiger partial charge < -0.3 is 4.90 Å². The molecule has 25 heavy (non-hydrogen) atoms. The maximum atomic E-state index is 13.1. The second-order valence-corrected chi connectivity index (χ2v) is 7.96. The van der Waals surface area contributed by atoms with Gasteiger partial charge in [-0.15, -0.1) is 0 Å². The van der Waals surface area contributed by atoms with Crippen LogP contribution in [0.1, 0.15) is 37.1 Å². The second-order valence-electron chi connectivity index (χ2n) is 7.96. The summed E-state index contributed by atoms with van der Waals surface area (Å²) in [6.07, 6.45) is 7.55. The first-order chi connectivity index (χ1) is 11.9. The van der Waals surface area contributed by atoms with Crippen LogP contribution >= 0.6 is 0 Å². The molecule has 3 aliphatic rings. The number of alkyl halides is 2. The first-order valence-electron chi connectivity index (χ1n) is 9.03. The Morgan fingerprint density at radius 2 is 1.96 bits per heavy atom. The molecular formula is C18H24F2N4O. The van der Waals surface area contributed by atoms with E-state index in [0.29, 0.717) is 0 Å². The molecule has 2 atom stereocenters. The van der Waals surface area contributed by atoms with E-state index in [1.54, 1.807) is 0 Å². The highest BCUT2D eigenvalue weighted by atomic mass is 19.3. The number of aromatic nitrogens is 2. The van der Waals surface area contributed by atoms with Gasteiger partial charge in [0.2, 0.25) is 5.91 Å². The molecule has 1 saturated carbocycles. The van der Waals surface area contributed by atoms with Gasteiger partial charge in [-0.1, -0.05) is 6.42 Å². The van der Waals surface area contributed by atoms with Crippen LogP contribution in [-0.4, -0.2) is 57.8 Å². The normalized spacial score (nSPS) is 31.5. The van der Waals surface area contributed by atoms with Crippen LogP contribution in [0, 0.1) is 18.3 Å². The third-order valence-electron chi connectivity index (χ3n) is 6.07. The van der Waals surface area contributed by atoms with E-state index < -0.39 is 19.0 Å². The van der Waals surface area contributed by atoms with Gasteiger partial charge in [-0.3, -0.25) is 9.69 Å². The number of likely N-dealkylation sites (tertiary alicyclic amines) is 2. The fourth-order valence-corrected chi connectivity index (χ4v) is 4.78. The Morgan fingerprint density at radius 3 is 2.64 bits per heavy atom. The Kier molecular flexibility index (Phi) is 4.02. The molecule has 1 aromatic rings. The summed E-state index contributed by atoms with van der Waals surface area (Å²) in [5.41, 5.74) is 1.04. The molecule has 1 amide bonds. The van der Waals surface area contributed by atoms with Crippen molar-refractivity contribution in [3.63, 3.8) is 0 Å². The van der Waals surface area contributed by atoms with Crippen molar-refractivity contribution in [1.82, 2.24) is 19.8 Å². The van der Waals surface area contributed by atoms with Crippen molar-refractivity contribution in [2.75, 3.05) is 26.2 Å². The predicted octanol–water partition coefficient (Wildman–Crippen LogP) is 2.25. The van der Waals surface area contributed by atoms with Crippen molar-refractivity contribution in [3.8, 4) is 0 Å². The van der Waals surface area contributed by atoms with Crippen molar-refractivity contribution in [2.45, 2.75) is 45.1 Å². The number of halogens is 2. The molecule has 1 spiro atoms. The van der Waals surface area contributed by atoms with Crippen molar-refractivity contribution in [3.05, 3.63) is 23.8 Å². The highest BCUT2D eigenvalue weighted by Gasteiger charge is 2.55. The van der Waals surface area contributed by atoms with Gasteiger partial charge in [0.1, 0.15) is 5.82 Å². The minimum Gasteiger partial charge on any atom is -0.330 e. The monoisotopic (exact) mass is 350 g/mol. The van der Waals surface area contributed by atoms with E-state index in [1.165, 1.54) is 4.90 Å². The lowest BCUT2D eigenvalue weighted by atomic mass is 9.76. The number of amides is 1. The number of hydrogen-bond donors (Lipinski definition) is 0. The summed E-state index contributed by atoms with van der Waals surface area (Å²) < 4.78 is 26.2. The molecule has 4 rings (SSSR count). The predicted molar refractivity (Wildman–Crippen MR) is 88.0 cm³/mol. The van der Waals surface area contributed by atoms with E-state index in [0.717, 1.165) is 56.7 Å². The summed E-state index contributed by atoms with van der Waals surface area (Å²) in [5, 5.41) is 0. The van der Waals surface area contributed by atoms with E-state index in [1.807, 2.05) is 19.3 Å². The molecule has 0 N–H and O–H groups in total. The summed E-state index contributed by atoms with van der Waals surface area (Å²) in [7, 11) is 0. The lowest BCUT2D eigenvalue weighted by molar-refractivity contribution is -0.172. The second kappa shape index (κ2) is 5.97. The number of rotatable bonds is 3. The van der Waals surface area contributed by atoms with Crippen LogP contribution in [-0.2, 0) is 11.3 Å². The van der Waals surface area contributed by atoms with Gasteiger partial charge in [0.05, 0.1) is 13.1 Å². The highest BCUT2D eigenvalue weighted by molar-refractivity contribution is 5.81. The topological polar surface area (TPSA) is 49.3 Å². The van der Waals surface area contributed by atoms with Gasteiger partial charge >= 0.3 is 0 Å². The largest absolute Gasteiger partial charge is 0.330 e. The average molecular weight is 350 g/mol. The number of aryl methyl sites for hydroxylation is 1. The Hall–Kier alpha value is -1.63. The molecule has 0 bridgehead atoms. The Morgan fingerprint density at radius 1 is 1.24 bits per heavy atom. The summed E-state index contributed by atoms with van der Waals surface area (Å²) in [6, 6.07) is 0. The smallest absolute Gasteiger partial charge is 0.282 e. The van der Waals surface area contributed by atoms with Gasteiger partial charge in [-0.25, -0.2) is 18.7 Å². The SMILES string of the molecule is Cc1ncc(CN2CC[C@]3(CCC[C@@H]3C(=O)N3CC(F)(F)C3)C2)cn1. The lowest BCUT2D eigenvalue weighted by Gasteiger charge is -2.42. The molecule has 3 fully saturated rings. The Bertz CT molecular complexity index is 658. The molecule has 0 unspecified atom stereocenters. The zero-order valence-corrected chi connectivity index (χ0v) is 14.5. The van der Waals surface area contributed by atoms with Crippen molar-refractivity contribution < 1.29 is 13.6 Å². The van der Waals surface area contributed by atoms with Crippen molar-refractivity contribution in [2.24, 2.45) is 11.3 Å². The molecule has 7 heteroatoms. The minimum absolute atomic E-state index is 0.0342. The lowest BCUT2D eigenvalue weighted by Crippen LogP contribution is -2.60. The number of nitrogens with zero attached hydrogens (tertiary/aromatic N) is 4. The third-order valence-corrected chi connectivity index (χ3v) is 6.07. The maximum absolute atomic E-state index is 13.1. The van der Waals surface area contributed by atoms with Gasteiger partial charge in [0.15, 0.2) is 0 Å². The molecule has 0 aromatic carbocycles. The summed E-state index contributed by atoms with van der Waals surface area (Å²) in [6.45, 7) is 3.65. The fraction of sp³-hybridized carbons (Fsp3) is 0.722. The molecule has 1 aromatic heterocycles. The highest BCUT2D eigenvalue weighted by Crippen LogP contribution is 2.51. The molecule has 136 valence electrons. The Labute approximate surface area is 146 Å². The minimum atomic E-state index is -2.69. The first-order valence-corrected chi connectivity index (χ1v) is 9.03. The van der Waals surface area contributed by atoms with E-state index in [9.17, 15) is 13.6 Å². The van der Waals surface area contributed by atoms with Gasteiger partial charge in [0.25, 0.3) is 5.92 Å². The van der Waals surface area contributed by atoms with Crippen LogP contribution < -0.4 is 0 Å². The van der Waals surface area contributed by atoms with E-state index in [4.69, 9.17) is 0 Å². The molecular weight excluding hydrogens is 326 g/mol. The molecule has 0 radical (unpaired) electrons. The third kappa shape index (κ3) is 3.14. The Balaban J connectivity index is 1.41. The standard InChI is InChI=1S/C18H24F2N4O/c1-13-21-7-14(8-22-13)9-23-6-5-17(10-23)4-2-3-15(17)16(25)24-11-18(19,20)12-24/h7-8,15H,2-6,9-12H2,1H3/t15-,17-/m1/s1. The van der Waals surface area contributed by atoms with Crippen molar-refractivity contribution >= 4 is 5.91 Å². The number of carbonyl (C=O) groups excluding carboxylic acids is 1. The fourth-order valence-electron chi connectivity index (χ4n) is 4.78. The van der Waals surface area contributed by atoms with E-state index >= 15 is 0 Å².